The number of amidine groups is 1. The molecule has 0 spiro atoms. The summed E-state index contributed by atoms with van der Waals surface area (Å²) in [5, 5.41) is 11.8. The molecule has 0 aliphatic heterocycles. The maximum absolute atomic E-state index is 8.52. The molecule has 0 aromatic carbocycles. The number of methoxy groups -OCH3 is 1. The van der Waals surface area contributed by atoms with Crippen LogP contribution in [0.25, 0.3) is 0 Å². The van der Waals surface area contributed by atoms with Crippen LogP contribution in [-0.4, -0.2) is 30.7 Å². The van der Waals surface area contributed by atoms with Crippen LogP contribution < -0.4 is 5.32 Å². The summed E-state index contributed by atoms with van der Waals surface area (Å²) in [5.74, 6) is 0. The molecule has 4 nitrogen and oxygen atoms in total. The van der Waals surface area contributed by atoms with Gasteiger partial charge in [-0.25, -0.2) is 0 Å². The van der Waals surface area contributed by atoms with Gasteiger partial charge in [0, 0.05) is 12.5 Å². The third-order valence-electron chi connectivity index (χ3n) is 3.04. The maximum Gasteiger partial charge on any atom is 0.183 e. The smallest absolute Gasteiger partial charge is 0.183 e. The zero-order valence-electron chi connectivity index (χ0n) is 9.57. The molecule has 1 N–H and O–H groups in total. The zero-order valence-corrected chi connectivity index (χ0v) is 10.4. The quantitative estimate of drug-likeness (QED) is 0.337. The molecular weight excluding hydrogens is 210 g/mol. The van der Waals surface area contributed by atoms with Crippen molar-refractivity contribution in [2.24, 2.45) is 10.4 Å². The summed E-state index contributed by atoms with van der Waals surface area (Å²) in [6, 6.07) is 0.241. The molecule has 0 aromatic heterocycles. The fraction of sp³-hybridized carbons (Fsp3) is 0.800. The minimum Gasteiger partial charge on any atom is -0.381 e. The monoisotopic (exact) mass is 227 g/mol. The largest absolute Gasteiger partial charge is 0.381 e. The second kappa shape index (κ2) is 4.86. The van der Waals surface area contributed by atoms with E-state index >= 15 is 0 Å². The summed E-state index contributed by atoms with van der Waals surface area (Å²) < 4.78 is 5.35. The van der Waals surface area contributed by atoms with Gasteiger partial charge in [-0.3, -0.25) is 10.3 Å². The van der Waals surface area contributed by atoms with Gasteiger partial charge in [-0.15, -0.1) is 0 Å². The van der Waals surface area contributed by atoms with E-state index in [4.69, 9.17) is 10.00 Å². The van der Waals surface area contributed by atoms with Crippen LogP contribution in [0.5, 0.6) is 0 Å². The van der Waals surface area contributed by atoms with Crippen molar-refractivity contribution >= 4 is 16.9 Å². The SMILES string of the molecule is COC1CC(N=C(NC#N)SC)C1(C)C. The van der Waals surface area contributed by atoms with Crippen molar-refractivity contribution in [2.75, 3.05) is 13.4 Å². The molecule has 0 radical (unpaired) electrons. The molecule has 1 aliphatic carbocycles. The van der Waals surface area contributed by atoms with Crippen LogP contribution in [0, 0.1) is 16.9 Å². The van der Waals surface area contributed by atoms with Crippen molar-refractivity contribution < 1.29 is 4.74 Å². The van der Waals surface area contributed by atoms with E-state index in [1.165, 1.54) is 11.8 Å². The summed E-state index contributed by atoms with van der Waals surface area (Å²) in [6.07, 6.45) is 5.00. The second-order valence-corrected chi connectivity index (χ2v) is 4.97. The summed E-state index contributed by atoms with van der Waals surface area (Å²) in [5.41, 5.74) is 0.0624. The molecule has 1 rings (SSSR count). The van der Waals surface area contributed by atoms with Gasteiger partial charge >= 0.3 is 0 Å². The standard InChI is InChI=1S/C10H17N3OS/c1-10(2)7(5-8(10)14-3)13-9(15-4)12-6-11/h7-8H,5H2,1-4H3,(H,12,13). The highest BCUT2D eigenvalue weighted by Gasteiger charge is 2.48. The maximum atomic E-state index is 8.52. The molecule has 0 amide bonds. The first-order valence-corrected chi connectivity index (χ1v) is 6.08. The molecule has 1 aliphatic rings. The molecule has 0 saturated heterocycles. The van der Waals surface area contributed by atoms with E-state index in [1.54, 1.807) is 7.11 Å². The van der Waals surface area contributed by atoms with Crippen LogP contribution in [0.1, 0.15) is 20.3 Å². The zero-order chi connectivity index (χ0) is 11.5. The lowest BCUT2D eigenvalue weighted by Crippen LogP contribution is -2.53. The van der Waals surface area contributed by atoms with Crippen molar-refractivity contribution in [3.8, 4) is 6.19 Å². The predicted molar refractivity (Wildman–Crippen MR) is 62.7 cm³/mol. The Balaban J connectivity index is 2.65. The fourth-order valence-corrected chi connectivity index (χ4v) is 2.19. The molecule has 84 valence electrons. The van der Waals surface area contributed by atoms with E-state index in [-0.39, 0.29) is 17.6 Å². The van der Waals surface area contributed by atoms with Crippen LogP contribution in [-0.2, 0) is 4.74 Å². The summed E-state index contributed by atoms with van der Waals surface area (Å²) >= 11 is 1.46. The fourth-order valence-electron chi connectivity index (χ4n) is 1.81. The number of aliphatic imine (C=N–C) groups is 1. The van der Waals surface area contributed by atoms with E-state index in [0.29, 0.717) is 5.17 Å². The van der Waals surface area contributed by atoms with Gasteiger partial charge in [-0.05, 0) is 12.7 Å². The van der Waals surface area contributed by atoms with Crippen LogP contribution in [0.4, 0.5) is 0 Å². The number of thioether (sulfide) groups is 1. The number of ether oxygens (including phenoxy) is 1. The van der Waals surface area contributed by atoms with Crippen molar-refractivity contribution in [3.63, 3.8) is 0 Å². The highest BCUT2D eigenvalue weighted by molar-refractivity contribution is 8.13. The number of hydrogen-bond donors (Lipinski definition) is 1. The molecule has 0 aromatic rings. The average Bonchev–Trinajstić information content (AvgIpc) is 2.21. The van der Waals surface area contributed by atoms with Crippen molar-refractivity contribution in [2.45, 2.75) is 32.4 Å². The molecular formula is C10H17N3OS. The summed E-state index contributed by atoms with van der Waals surface area (Å²) in [7, 11) is 1.73. The number of hydrogen-bond acceptors (Lipinski definition) is 4. The topological polar surface area (TPSA) is 57.4 Å². The van der Waals surface area contributed by atoms with Gasteiger partial charge in [-0.1, -0.05) is 25.6 Å². The Bertz CT molecular complexity index is 296. The first kappa shape index (κ1) is 12.3. The highest BCUT2D eigenvalue weighted by atomic mass is 32.2. The molecule has 2 atom stereocenters. The van der Waals surface area contributed by atoms with Gasteiger partial charge in [0.25, 0.3) is 0 Å². The van der Waals surface area contributed by atoms with Crippen molar-refractivity contribution in [3.05, 3.63) is 0 Å². The van der Waals surface area contributed by atoms with E-state index in [2.05, 4.69) is 24.2 Å². The van der Waals surface area contributed by atoms with E-state index in [0.717, 1.165) is 6.42 Å². The molecule has 0 heterocycles. The number of rotatable bonds is 2. The van der Waals surface area contributed by atoms with Crippen LogP contribution >= 0.6 is 11.8 Å². The Morgan fingerprint density at radius 2 is 2.33 bits per heavy atom. The number of nitrogens with zero attached hydrogens (tertiary/aromatic N) is 2. The van der Waals surface area contributed by atoms with Crippen LogP contribution in [0.3, 0.4) is 0 Å². The number of nitrogens with one attached hydrogen (secondary N) is 1. The summed E-state index contributed by atoms with van der Waals surface area (Å²) in [4.78, 5) is 4.51. The minimum atomic E-state index is 0.0624. The Morgan fingerprint density at radius 1 is 1.67 bits per heavy atom. The Kier molecular flexibility index (Phi) is 4.00. The van der Waals surface area contributed by atoms with E-state index in [9.17, 15) is 0 Å². The third kappa shape index (κ3) is 2.44. The van der Waals surface area contributed by atoms with Gasteiger partial charge in [-0.2, -0.15) is 5.26 Å². The predicted octanol–water partition coefficient (Wildman–Crippen LogP) is 1.59. The van der Waals surface area contributed by atoms with E-state index < -0.39 is 0 Å². The third-order valence-corrected chi connectivity index (χ3v) is 3.63. The molecule has 5 heteroatoms. The van der Waals surface area contributed by atoms with Crippen LogP contribution in [0.2, 0.25) is 0 Å². The van der Waals surface area contributed by atoms with Crippen LogP contribution in [0.15, 0.2) is 4.99 Å². The van der Waals surface area contributed by atoms with Gasteiger partial charge in [0.15, 0.2) is 11.4 Å². The Hall–Kier alpha value is -0.730. The lowest BCUT2D eigenvalue weighted by molar-refractivity contribution is -0.0849. The molecule has 1 saturated carbocycles. The lowest BCUT2D eigenvalue weighted by Gasteiger charge is -2.49. The normalized spacial score (nSPS) is 29.1. The Morgan fingerprint density at radius 3 is 2.73 bits per heavy atom. The molecule has 15 heavy (non-hydrogen) atoms. The summed E-state index contributed by atoms with van der Waals surface area (Å²) in [6.45, 7) is 4.28. The molecule has 2 unspecified atom stereocenters. The Labute approximate surface area is 95.1 Å². The van der Waals surface area contributed by atoms with Gasteiger partial charge < -0.3 is 4.74 Å². The van der Waals surface area contributed by atoms with Gasteiger partial charge in [0.1, 0.15) is 0 Å². The second-order valence-electron chi connectivity index (χ2n) is 4.17. The van der Waals surface area contributed by atoms with Crippen molar-refractivity contribution in [1.29, 1.82) is 5.26 Å². The minimum absolute atomic E-state index is 0.0624. The lowest BCUT2D eigenvalue weighted by atomic mass is 9.65. The average molecular weight is 227 g/mol. The number of nitriles is 1. The van der Waals surface area contributed by atoms with Crippen molar-refractivity contribution in [1.82, 2.24) is 5.32 Å². The molecule has 0 bridgehead atoms. The first-order chi connectivity index (χ1) is 7.06. The molecule has 1 fully saturated rings. The van der Waals surface area contributed by atoms with E-state index in [1.807, 2.05) is 12.4 Å². The van der Waals surface area contributed by atoms with Gasteiger partial charge in [0.05, 0.1) is 12.1 Å². The van der Waals surface area contributed by atoms with Gasteiger partial charge in [0.2, 0.25) is 0 Å². The first-order valence-electron chi connectivity index (χ1n) is 4.86. The highest BCUT2D eigenvalue weighted by Crippen LogP contribution is 2.44.